The highest BCUT2D eigenvalue weighted by Crippen LogP contribution is 2.36. The van der Waals surface area contributed by atoms with Crippen molar-refractivity contribution >= 4 is 5.97 Å². The van der Waals surface area contributed by atoms with Crippen LogP contribution in [0.2, 0.25) is 0 Å². The fourth-order valence-corrected chi connectivity index (χ4v) is 4.61. The second-order valence-electron chi connectivity index (χ2n) is 10.0. The first kappa shape index (κ1) is 30.0. The lowest BCUT2D eigenvalue weighted by Gasteiger charge is -2.23. The molecule has 0 atom stereocenters. The lowest BCUT2D eigenvalue weighted by molar-refractivity contribution is -0.136. The van der Waals surface area contributed by atoms with Gasteiger partial charge >= 0.3 is 5.97 Å². The highest BCUT2D eigenvalue weighted by atomic mass is 19.1. The zero-order valence-electron chi connectivity index (χ0n) is 23.4. The molecule has 0 aliphatic heterocycles. The number of carboxylic acid groups (broad SMARTS) is 1. The van der Waals surface area contributed by atoms with Gasteiger partial charge in [-0.2, -0.15) is 0 Å². The van der Waals surface area contributed by atoms with E-state index in [1.807, 2.05) is 42.5 Å². The van der Waals surface area contributed by atoms with Gasteiger partial charge in [-0.25, -0.2) is 4.39 Å². The Bertz CT molecular complexity index is 1190. The number of ether oxygens (including phenoxy) is 3. The van der Waals surface area contributed by atoms with Crippen LogP contribution in [0.25, 0.3) is 11.1 Å². The lowest BCUT2D eigenvalue weighted by atomic mass is 9.90. The fraction of sp³-hybridized carbons (Fsp3) is 0.424. The van der Waals surface area contributed by atoms with Gasteiger partial charge in [0.15, 0.2) is 0 Å². The molecule has 0 spiro atoms. The Balaban J connectivity index is 0.00000134. The Morgan fingerprint density at radius 2 is 1.67 bits per heavy atom. The van der Waals surface area contributed by atoms with Gasteiger partial charge in [-0.15, -0.1) is 0 Å². The second-order valence-corrected chi connectivity index (χ2v) is 10.0. The van der Waals surface area contributed by atoms with E-state index in [-0.39, 0.29) is 12.2 Å². The number of methoxy groups -OCH3 is 1. The van der Waals surface area contributed by atoms with E-state index in [9.17, 15) is 9.18 Å². The van der Waals surface area contributed by atoms with E-state index in [1.165, 1.54) is 31.7 Å². The highest BCUT2D eigenvalue weighted by Gasteiger charge is 2.18. The van der Waals surface area contributed by atoms with E-state index < -0.39 is 5.97 Å². The van der Waals surface area contributed by atoms with Crippen molar-refractivity contribution in [2.24, 2.45) is 5.92 Å². The van der Waals surface area contributed by atoms with E-state index in [0.29, 0.717) is 53.9 Å². The molecule has 0 saturated heterocycles. The maximum atomic E-state index is 14.8. The zero-order valence-corrected chi connectivity index (χ0v) is 23.4. The Kier molecular flexibility index (Phi) is 12.1. The third-order valence-electron chi connectivity index (χ3n) is 6.64. The van der Waals surface area contributed by atoms with Crippen molar-refractivity contribution in [2.45, 2.75) is 71.8 Å². The SMILES string of the molecule is CCC.COc1ccc(F)c(-c2ccc(COc3cccc(CCC(=O)O)c3)cc2OCC2CCCCC2)c1. The largest absolute Gasteiger partial charge is 0.497 e. The van der Waals surface area contributed by atoms with E-state index in [4.69, 9.17) is 19.3 Å². The summed E-state index contributed by atoms with van der Waals surface area (Å²) < 4.78 is 32.4. The standard InChI is InChI=1S/C30H33FO5.C3H8/c1-34-24-12-14-28(31)27(18-24)26-13-10-23(17-29(26)36-19-22-6-3-2-4-7-22)20-35-25-9-5-8-21(16-25)11-15-30(32)33;1-3-2/h5,8-10,12-14,16-18,22H,2-4,6-7,11,15,19-20H2,1H3,(H,32,33);3H2,1-2H3. The van der Waals surface area contributed by atoms with Crippen molar-refractivity contribution in [2.75, 3.05) is 13.7 Å². The van der Waals surface area contributed by atoms with Crippen molar-refractivity contribution in [3.05, 3.63) is 77.6 Å². The molecule has 1 fully saturated rings. The van der Waals surface area contributed by atoms with Gasteiger partial charge in [-0.05, 0) is 72.7 Å². The van der Waals surface area contributed by atoms with Crippen LogP contribution in [0, 0.1) is 11.7 Å². The number of halogens is 1. The molecule has 4 rings (SSSR count). The first-order valence-electron chi connectivity index (χ1n) is 14.0. The fourth-order valence-electron chi connectivity index (χ4n) is 4.61. The van der Waals surface area contributed by atoms with Crippen LogP contribution < -0.4 is 14.2 Å². The Labute approximate surface area is 231 Å². The molecule has 3 aromatic carbocycles. The van der Waals surface area contributed by atoms with Gasteiger partial charge < -0.3 is 19.3 Å². The smallest absolute Gasteiger partial charge is 0.303 e. The van der Waals surface area contributed by atoms with Gasteiger partial charge in [0.05, 0.1) is 13.7 Å². The van der Waals surface area contributed by atoms with Crippen molar-refractivity contribution < 1.29 is 28.5 Å². The Hall–Kier alpha value is -3.54. The number of hydrogen-bond acceptors (Lipinski definition) is 4. The molecule has 6 heteroatoms. The maximum Gasteiger partial charge on any atom is 0.303 e. The Morgan fingerprint density at radius 3 is 2.38 bits per heavy atom. The normalized spacial score (nSPS) is 13.2. The summed E-state index contributed by atoms with van der Waals surface area (Å²) in [6.07, 6.45) is 7.82. The van der Waals surface area contributed by atoms with Crippen LogP contribution in [0.5, 0.6) is 17.2 Å². The number of benzene rings is 3. The van der Waals surface area contributed by atoms with Crippen molar-refractivity contribution in [1.82, 2.24) is 0 Å². The quantitative estimate of drug-likeness (QED) is 0.266. The molecular formula is C33H41FO5. The summed E-state index contributed by atoms with van der Waals surface area (Å²) in [5, 5.41) is 8.93. The van der Waals surface area contributed by atoms with E-state index in [1.54, 1.807) is 19.2 Å². The monoisotopic (exact) mass is 536 g/mol. The van der Waals surface area contributed by atoms with Crippen LogP contribution in [-0.2, 0) is 17.8 Å². The topological polar surface area (TPSA) is 65.0 Å². The van der Waals surface area contributed by atoms with Gasteiger partial charge in [-0.1, -0.05) is 63.8 Å². The lowest BCUT2D eigenvalue weighted by Crippen LogP contribution is -2.15. The molecule has 0 bridgehead atoms. The summed E-state index contributed by atoms with van der Waals surface area (Å²) in [6.45, 7) is 5.16. The van der Waals surface area contributed by atoms with Crippen LogP contribution in [-0.4, -0.2) is 24.8 Å². The molecule has 210 valence electrons. The number of aryl methyl sites for hydroxylation is 1. The molecule has 1 saturated carbocycles. The molecule has 0 amide bonds. The van der Waals surface area contributed by atoms with E-state index in [2.05, 4.69) is 13.8 Å². The first-order valence-corrected chi connectivity index (χ1v) is 14.0. The van der Waals surface area contributed by atoms with Crippen molar-refractivity contribution in [3.63, 3.8) is 0 Å². The second kappa shape index (κ2) is 15.8. The third kappa shape index (κ3) is 9.61. The predicted molar refractivity (Wildman–Crippen MR) is 153 cm³/mol. The summed E-state index contributed by atoms with van der Waals surface area (Å²) in [5.41, 5.74) is 2.93. The summed E-state index contributed by atoms with van der Waals surface area (Å²) >= 11 is 0. The first-order chi connectivity index (χ1) is 18.9. The number of carbonyl (C=O) groups is 1. The van der Waals surface area contributed by atoms with Gasteiger partial charge in [0.2, 0.25) is 0 Å². The van der Waals surface area contributed by atoms with E-state index in [0.717, 1.165) is 24.0 Å². The predicted octanol–water partition coefficient (Wildman–Crippen LogP) is 8.47. The van der Waals surface area contributed by atoms with Crippen LogP contribution >= 0.6 is 0 Å². The summed E-state index contributed by atoms with van der Waals surface area (Å²) in [6, 6.07) is 17.9. The molecular weight excluding hydrogens is 495 g/mol. The molecule has 1 aliphatic rings. The third-order valence-corrected chi connectivity index (χ3v) is 6.64. The Morgan fingerprint density at radius 1 is 0.897 bits per heavy atom. The van der Waals surface area contributed by atoms with Crippen LogP contribution in [0.4, 0.5) is 4.39 Å². The van der Waals surface area contributed by atoms with Crippen LogP contribution in [0.3, 0.4) is 0 Å². The van der Waals surface area contributed by atoms with Crippen molar-refractivity contribution in [3.8, 4) is 28.4 Å². The van der Waals surface area contributed by atoms with Crippen molar-refractivity contribution in [1.29, 1.82) is 0 Å². The number of aliphatic carboxylic acids is 1. The summed E-state index contributed by atoms with van der Waals surface area (Å²) in [5.74, 6) is 1.24. The molecule has 1 aliphatic carbocycles. The van der Waals surface area contributed by atoms with Gasteiger partial charge in [0.1, 0.15) is 29.7 Å². The molecule has 3 aromatic rings. The summed E-state index contributed by atoms with van der Waals surface area (Å²) in [4.78, 5) is 10.9. The average Bonchev–Trinajstić information content (AvgIpc) is 2.95. The average molecular weight is 537 g/mol. The maximum absolute atomic E-state index is 14.8. The minimum absolute atomic E-state index is 0.0768. The minimum atomic E-state index is -0.824. The van der Waals surface area contributed by atoms with E-state index >= 15 is 0 Å². The highest BCUT2D eigenvalue weighted by molar-refractivity contribution is 5.72. The molecule has 0 unspecified atom stereocenters. The molecule has 5 nitrogen and oxygen atoms in total. The molecule has 0 radical (unpaired) electrons. The number of carboxylic acids is 1. The van der Waals surface area contributed by atoms with Crippen LogP contribution in [0.15, 0.2) is 60.7 Å². The molecule has 0 aromatic heterocycles. The molecule has 39 heavy (non-hydrogen) atoms. The molecule has 0 heterocycles. The van der Waals surface area contributed by atoms with Gasteiger partial charge in [0, 0.05) is 17.5 Å². The number of hydrogen-bond donors (Lipinski definition) is 1. The zero-order chi connectivity index (χ0) is 28.0. The molecule has 1 N–H and O–H groups in total. The van der Waals surface area contributed by atoms with Gasteiger partial charge in [0.25, 0.3) is 0 Å². The number of rotatable bonds is 11. The summed E-state index contributed by atoms with van der Waals surface area (Å²) in [7, 11) is 1.56. The van der Waals surface area contributed by atoms with Gasteiger partial charge in [-0.3, -0.25) is 4.79 Å². The minimum Gasteiger partial charge on any atom is -0.497 e. The van der Waals surface area contributed by atoms with Crippen LogP contribution in [0.1, 0.15) is 69.9 Å².